The molecule has 1 aliphatic heterocycles. The minimum absolute atomic E-state index is 0.120. The number of carbonyl (C=O) groups is 1. The van der Waals surface area contributed by atoms with Crippen LogP contribution < -0.4 is 5.32 Å². The van der Waals surface area contributed by atoms with E-state index in [-0.39, 0.29) is 17.6 Å². The Bertz CT molecular complexity index is 969. The summed E-state index contributed by atoms with van der Waals surface area (Å²) in [5.74, 6) is 0.169. The molecule has 0 radical (unpaired) electrons. The Hall–Kier alpha value is -2.38. The van der Waals surface area contributed by atoms with Crippen molar-refractivity contribution in [2.75, 3.05) is 19.6 Å². The van der Waals surface area contributed by atoms with Crippen molar-refractivity contribution in [3.63, 3.8) is 0 Å². The molecule has 0 bridgehead atoms. The van der Waals surface area contributed by atoms with E-state index in [1.165, 1.54) is 12.1 Å². The second-order valence-corrected chi connectivity index (χ2v) is 9.71. The second-order valence-electron chi connectivity index (χ2n) is 7.83. The van der Waals surface area contributed by atoms with Crippen molar-refractivity contribution >= 4 is 15.9 Å². The Morgan fingerprint density at radius 2 is 1.62 bits per heavy atom. The van der Waals surface area contributed by atoms with Gasteiger partial charge in [-0.2, -0.15) is 4.31 Å². The average Bonchev–Trinajstić information content (AvgIpc) is 2.66. The highest BCUT2D eigenvalue weighted by Gasteiger charge is 2.31. The van der Waals surface area contributed by atoms with Crippen molar-refractivity contribution in [1.29, 1.82) is 0 Å². The molecule has 3 rings (SSSR count). The summed E-state index contributed by atoms with van der Waals surface area (Å²) in [6.07, 6.45) is 1.41. The molecule has 0 aliphatic carbocycles. The Morgan fingerprint density at radius 3 is 2.17 bits per heavy atom. The number of hydrogen-bond donors (Lipinski definition) is 2. The molecular weight excluding hydrogens is 388 g/mol. The van der Waals surface area contributed by atoms with Gasteiger partial charge in [-0.1, -0.05) is 17.7 Å². The second kappa shape index (κ2) is 8.55. The SMILES string of the molecule is Cc1cc(C)c(S(=O)(=O)N2CCC(CNC(=O)c3ccc(O)cc3)CC2)c(C)c1. The van der Waals surface area contributed by atoms with Gasteiger partial charge in [-0.15, -0.1) is 0 Å². The van der Waals surface area contributed by atoms with E-state index in [9.17, 15) is 18.3 Å². The standard InChI is InChI=1S/C22H28N2O4S/c1-15-12-16(2)21(17(3)13-15)29(27,28)24-10-8-18(9-11-24)14-23-22(26)19-4-6-20(25)7-5-19/h4-7,12-13,18,25H,8-11,14H2,1-3H3,(H,23,26). The third-order valence-corrected chi connectivity index (χ3v) is 7.66. The van der Waals surface area contributed by atoms with Gasteiger partial charge >= 0.3 is 0 Å². The first-order chi connectivity index (χ1) is 13.7. The number of aryl methyl sites for hydroxylation is 3. The monoisotopic (exact) mass is 416 g/mol. The number of carbonyl (C=O) groups excluding carboxylic acids is 1. The molecule has 0 atom stereocenters. The molecule has 1 fully saturated rings. The molecule has 2 aromatic carbocycles. The lowest BCUT2D eigenvalue weighted by Crippen LogP contribution is -2.41. The number of phenols is 1. The van der Waals surface area contributed by atoms with E-state index in [4.69, 9.17) is 0 Å². The summed E-state index contributed by atoms with van der Waals surface area (Å²) in [6.45, 7) is 7.07. The Kier molecular flexibility index (Phi) is 6.29. The van der Waals surface area contributed by atoms with Gasteiger partial charge in [0.1, 0.15) is 5.75 Å². The number of benzene rings is 2. The zero-order valence-corrected chi connectivity index (χ0v) is 17.9. The van der Waals surface area contributed by atoms with Crippen LogP contribution in [0.15, 0.2) is 41.3 Å². The van der Waals surface area contributed by atoms with E-state index in [1.54, 1.807) is 16.4 Å². The molecule has 1 aliphatic rings. The predicted octanol–water partition coefficient (Wildman–Crippen LogP) is 3.15. The van der Waals surface area contributed by atoms with Gasteiger partial charge < -0.3 is 10.4 Å². The fraction of sp³-hybridized carbons (Fsp3) is 0.409. The van der Waals surface area contributed by atoms with Crippen LogP contribution >= 0.6 is 0 Å². The highest BCUT2D eigenvalue weighted by atomic mass is 32.2. The number of sulfonamides is 1. The van der Waals surface area contributed by atoms with Crippen molar-refractivity contribution in [2.24, 2.45) is 5.92 Å². The minimum Gasteiger partial charge on any atom is -0.508 e. The summed E-state index contributed by atoms with van der Waals surface area (Å²) in [5, 5.41) is 12.2. The van der Waals surface area contributed by atoms with Crippen LogP contribution in [0.5, 0.6) is 5.75 Å². The van der Waals surface area contributed by atoms with Gasteiger partial charge in [-0.05, 0) is 74.9 Å². The zero-order valence-electron chi connectivity index (χ0n) is 17.1. The molecule has 1 saturated heterocycles. The Labute approximate surface area is 172 Å². The largest absolute Gasteiger partial charge is 0.508 e. The van der Waals surface area contributed by atoms with E-state index in [2.05, 4.69) is 5.32 Å². The van der Waals surface area contributed by atoms with Crippen LogP contribution in [-0.2, 0) is 10.0 Å². The van der Waals surface area contributed by atoms with E-state index < -0.39 is 10.0 Å². The maximum Gasteiger partial charge on any atom is 0.251 e. The first kappa shape index (κ1) is 21.3. The molecular formula is C22H28N2O4S. The third-order valence-electron chi connectivity index (χ3n) is 5.46. The van der Waals surface area contributed by atoms with Crippen LogP contribution in [0.1, 0.15) is 39.9 Å². The number of nitrogens with one attached hydrogen (secondary N) is 1. The average molecular weight is 417 g/mol. The van der Waals surface area contributed by atoms with Crippen molar-refractivity contribution in [2.45, 2.75) is 38.5 Å². The van der Waals surface area contributed by atoms with Crippen LogP contribution in [0.4, 0.5) is 0 Å². The molecule has 0 aromatic heterocycles. The summed E-state index contributed by atoms with van der Waals surface area (Å²) >= 11 is 0. The van der Waals surface area contributed by atoms with E-state index in [0.29, 0.717) is 42.9 Å². The third kappa shape index (κ3) is 4.79. The summed E-state index contributed by atoms with van der Waals surface area (Å²) in [6, 6.07) is 9.93. The molecule has 29 heavy (non-hydrogen) atoms. The molecule has 1 heterocycles. The fourth-order valence-corrected chi connectivity index (χ4v) is 5.89. The van der Waals surface area contributed by atoms with Gasteiger partial charge in [0, 0.05) is 25.2 Å². The Balaban J connectivity index is 1.59. The lowest BCUT2D eigenvalue weighted by atomic mass is 9.98. The number of piperidine rings is 1. The molecule has 0 saturated carbocycles. The maximum atomic E-state index is 13.2. The van der Waals surface area contributed by atoms with Crippen molar-refractivity contribution < 1.29 is 18.3 Å². The molecule has 2 N–H and O–H groups in total. The summed E-state index contributed by atoms with van der Waals surface area (Å²) < 4.78 is 27.9. The molecule has 7 heteroatoms. The predicted molar refractivity (Wildman–Crippen MR) is 113 cm³/mol. The topological polar surface area (TPSA) is 86.7 Å². The smallest absolute Gasteiger partial charge is 0.251 e. The summed E-state index contributed by atoms with van der Waals surface area (Å²) in [5.41, 5.74) is 3.12. The minimum atomic E-state index is -3.52. The molecule has 156 valence electrons. The normalized spacial score (nSPS) is 16.0. The van der Waals surface area contributed by atoms with Crippen molar-refractivity contribution in [3.05, 3.63) is 58.7 Å². The van der Waals surface area contributed by atoms with Crippen LogP contribution in [0.3, 0.4) is 0 Å². The highest BCUT2D eigenvalue weighted by Crippen LogP contribution is 2.28. The summed E-state index contributed by atoms with van der Waals surface area (Å²) in [7, 11) is -3.52. The van der Waals surface area contributed by atoms with Gasteiger partial charge in [0.05, 0.1) is 4.90 Å². The molecule has 2 aromatic rings. The first-order valence-electron chi connectivity index (χ1n) is 9.83. The molecule has 0 unspecified atom stereocenters. The van der Waals surface area contributed by atoms with Gasteiger partial charge in [-0.25, -0.2) is 8.42 Å². The van der Waals surface area contributed by atoms with Gasteiger partial charge in [0.15, 0.2) is 0 Å². The van der Waals surface area contributed by atoms with E-state index >= 15 is 0 Å². The van der Waals surface area contributed by atoms with Gasteiger partial charge in [-0.3, -0.25) is 4.79 Å². The van der Waals surface area contributed by atoms with E-state index in [1.807, 2.05) is 32.9 Å². The first-order valence-corrected chi connectivity index (χ1v) is 11.3. The van der Waals surface area contributed by atoms with Gasteiger partial charge in [0.25, 0.3) is 5.91 Å². The quantitative estimate of drug-likeness (QED) is 0.784. The number of nitrogens with zero attached hydrogens (tertiary/aromatic N) is 1. The molecule has 6 nitrogen and oxygen atoms in total. The molecule has 0 spiro atoms. The molecule has 1 amide bonds. The maximum absolute atomic E-state index is 13.2. The lowest BCUT2D eigenvalue weighted by Gasteiger charge is -2.32. The fourth-order valence-electron chi connectivity index (χ4n) is 4.01. The van der Waals surface area contributed by atoms with Crippen molar-refractivity contribution in [1.82, 2.24) is 9.62 Å². The van der Waals surface area contributed by atoms with Crippen molar-refractivity contribution in [3.8, 4) is 5.75 Å². The van der Waals surface area contributed by atoms with Crippen LogP contribution in [0.25, 0.3) is 0 Å². The van der Waals surface area contributed by atoms with Gasteiger partial charge in [0.2, 0.25) is 10.0 Å². The summed E-state index contributed by atoms with van der Waals surface area (Å²) in [4.78, 5) is 12.6. The number of aromatic hydroxyl groups is 1. The van der Waals surface area contributed by atoms with Crippen LogP contribution in [0.2, 0.25) is 0 Å². The highest BCUT2D eigenvalue weighted by molar-refractivity contribution is 7.89. The van der Waals surface area contributed by atoms with Crippen LogP contribution in [-0.4, -0.2) is 43.4 Å². The Morgan fingerprint density at radius 1 is 1.07 bits per heavy atom. The number of rotatable bonds is 5. The van der Waals surface area contributed by atoms with Crippen LogP contribution in [0, 0.1) is 26.7 Å². The zero-order chi connectivity index (χ0) is 21.2. The lowest BCUT2D eigenvalue weighted by molar-refractivity contribution is 0.0941. The van der Waals surface area contributed by atoms with E-state index in [0.717, 1.165) is 16.7 Å². The number of hydrogen-bond acceptors (Lipinski definition) is 4. The number of phenolic OH excluding ortho intramolecular Hbond substituents is 1. The number of amides is 1.